The second-order valence-corrected chi connectivity index (χ2v) is 5.25. The van der Waals surface area contributed by atoms with Gasteiger partial charge in [-0.1, -0.05) is 18.2 Å². The summed E-state index contributed by atoms with van der Waals surface area (Å²) in [4.78, 5) is 4.31. The van der Waals surface area contributed by atoms with Gasteiger partial charge in [0, 0.05) is 0 Å². The van der Waals surface area contributed by atoms with Crippen LogP contribution in [0, 0.1) is 20.8 Å². The van der Waals surface area contributed by atoms with Crippen molar-refractivity contribution in [1.82, 2.24) is 0 Å². The van der Waals surface area contributed by atoms with Gasteiger partial charge in [-0.3, -0.25) is 0 Å². The van der Waals surface area contributed by atoms with Crippen LogP contribution in [-0.2, 0) is 0 Å². The molecule has 104 valence electrons. The van der Waals surface area contributed by atoms with Crippen LogP contribution in [0.25, 0.3) is 11.1 Å². The molecule has 4 N–H and O–H groups in total. The van der Waals surface area contributed by atoms with Crippen molar-refractivity contribution in [1.29, 1.82) is 0 Å². The van der Waals surface area contributed by atoms with Crippen LogP contribution in [0.3, 0.4) is 0 Å². The molecule has 0 radical (unpaired) electrons. The number of hydrogen-bond donors (Lipinski definition) is 2. The van der Waals surface area contributed by atoms with Gasteiger partial charge in [-0.2, -0.15) is 0 Å². The summed E-state index contributed by atoms with van der Waals surface area (Å²) >= 11 is 0. The third-order valence-electron chi connectivity index (χ3n) is 3.39. The van der Waals surface area contributed by atoms with Crippen molar-refractivity contribution in [2.24, 2.45) is 10.7 Å². The van der Waals surface area contributed by atoms with Gasteiger partial charge < -0.3 is 11.5 Å². The van der Waals surface area contributed by atoms with Crippen LogP contribution in [-0.4, -0.2) is 5.84 Å². The number of rotatable bonds is 2. The lowest BCUT2D eigenvalue weighted by molar-refractivity contribution is 1.34. The van der Waals surface area contributed by atoms with Gasteiger partial charge in [0.05, 0.1) is 17.2 Å². The molecule has 2 rings (SSSR count). The second-order valence-electron chi connectivity index (χ2n) is 5.25. The Morgan fingerprint density at radius 3 is 2.10 bits per heavy atom. The van der Waals surface area contributed by atoms with Crippen molar-refractivity contribution in [2.75, 3.05) is 5.73 Å². The van der Waals surface area contributed by atoms with Crippen molar-refractivity contribution < 1.29 is 0 Å². The first-order valence-corrected chi connectivity index (χ1v) is 6.67. The maximum Gasteiger partial charge on any atom is 0.0965 e. The van der Waals surface area contributed by atoms with Crippen molar-refractivity contribution in [3.63, 3.8) is 0 Å². The molecule has 0 aliphatic rings. The fourth-order valence-electron chi connectivity index (χ4n) is 2.55. The Kier molecular flexibility index (Phi) is 3.79. The summed E-state index contributed by atoms with van der Waals surface area (Å²) in [6.45, 7) is 8.00. The largest absolute Gasteiger partial charge is 0.397 e. The Bertz CT molecular complexity index is 637. The van der Waals surface area contributed by atoms with Crippen molar-refractivity contribution in [2.45, 2.75) is 27.7 Å². The average molecular weight is 267 g/mol. The van der Waals surface area contributed by atoms with E-state index in [0.29, 0.717) is 11.5 Å². The highest BCUT2D eigenvalue weighted by molar-refractivity contribution is 5.86. The Balaban J connectivity index is 2.64. The van der Waals surface area contributed by atoms with E-state index in [2.05, 4.69) is 43.1 Å². The molecule has 2 aromatic carbocycles. The summed E-state index contributed by atoms with van der Waals surface area (Å²) < 4.78 is 0. The minimum atomic E-state index is 0.514. The molecule has 0 atom stereocenters. The van der Waals surface area contributed by atoms with Crippen molar-refractivity contribution >= 4 is 17.2 Å². The van der Waals surface area contributed by atoms with Gasteiger partial charge >= 0.3 is 0 Å². The number of nitrogen functional groups attached to an aromatic ring is 1. The Morgan fingerprint density at radius 1 is 1.00 bits per heavy atom. The molecule has 0 saturated carbocycles. The molecule has 0 aromatic heterocycles. The van der Waals surface area contributed by atoms with E-state index in [4.69, 9.17) is 11.5 Å². The van der Waals surface area contributed by atoms with Crippen LogP contribution in [0.4, 0.5) is 11.4 Å². The zero-order valence-electron chi connectivity index (χ0n) is 12.5. The lowest BCUT2D eigenvalue weighted by Crippen LogP contribution is -2.05. The molecule has 20 heavy (non-hydrogen) atoms. The van der Waals surface area contributed by atoms with Crippen LogP contribution in [0.5, 0.6) is 0 Å². The number of nitrogens with two attached hydrogens (primary N) is 2. The Labute approximate surface area is 120 Å². The van der Waals surface area contributed by atoms with Gasteiger partial charge in [-0.25, -0.2) is 4.99 Å². The molecule has 0 amide bonds. The van der Waals surface area contributed by atoms with Crippen LogP contribution in [0.1, 0.15) is 23.6 Å². The summed E-state index contributed by atoms with van der Waals surface area (Å²) in [6.07, 6.45) is 0. The molecule has 0 unspecified atom stereocenters. The van der Waals surface area contributed by atoms with E-state index < -0.39 is 0 Å². The van der Waals surface area contributed by atoms with Gasteiger partial charge in [-0.15, -0.1) is 0 Å². The Hall–Kier alpha value is -2.29. The van der Waals surface area contributed by atoms with Gasteiger partial charge in [0.1, 0.15) is 0 Å². The van der Waals surface area contributed by atoms with E-state index >= 15 is 0 Å². The monoisotopic (exact) mass is 267 g/mol. The standard InChI is InChI=1S/C17H21N3/c1-10-6-5-7-11(2)16(10)14-8-12(3)17(15(19)9-14)20-13(4)18/h5-9H,19H2,1-4H3,(H2,18,20). The van der Waals surface area contributed by atoms with E-state index in [0.717, 1.165) is 16.8 Å². The van der Waals surface area contributed by atoms with E-state index in [1.54, 1.807) is 6.92 Å². The highest BCUT2D eigenvalue weighted by atomic mass is 14.9. The van der Waals surface area contributed by atoms with Gasteiger partial charge in [0.15, 0.2) is 0 Å². The lowest BCUT2D eigenvalue weighted by atomic mass is 9.94. The molecule has 0 bridgehead atoms. The molecule has 3 nitrogen and oxygen atoms in total. The molecule has 0 heterocycles. The maximum absolute atomic E-state index is 6.15. The fourth-order valence-corrected chi connectivity index (χ4v) is 2.55. The smallest absolute Gasteiger partial charge is 0.0965 e. The molecule has 0 aliphatic heterocycles. The number of anilines is 1. The third kappa shape index (κ3) is 2.67. The van der Waals surface area contributed by atoms with Crippen LogP contribution in [0.15, 0.2) is 35.3 Å². The number of hydrogen-bond acceptors (Lipinski definition) is 2. The first kappa shape index (κ1) is 14.1. The average Bonchev–Trinajstić information content (AvgIpc) is 2.33. The number of benzene rings is 2. The van der Waals surface area contributed by atoms with E-state index in [-0.39, 0.29) is 0 Å². The molecule has 3 heteroatoms. The van der Waals surface area contributed by atoms with E-state index in [9.17, 15) is 0 Å². The van der Waals surface area contributed by atoms with Crippen LogP contribution < -0.4 is 11.5 Å². The van der Waals surface area contributed by atoms with E-state index in [1.165, 1.54) is 16.7 Å². The number of aryl methyl sites for hydroxylation is 3. The summed E-state index contributed by atoms with van der Waals surface area (Å²) in [6, 6.07) is 10.4. The van der Waals surface area contributed by atoms with Crippen molar-refractivity contribution in [3.05, 3.63) is 47.0 Å². The normalized spacial score (nSPS) is 11.7. The zero-order valence-corrected chi connectivity index (χ0v) is 12.5. The van der Waals surface area contributed by atoms with Gasteiger partial charge in [0.25, 0.3) is 0 Å². The second kappa shape index (κ2) is 5.37. The summed E-state index contributed by atoms with van der Waals surface area (Å²) in [5, 5.41) is 0. The quantitative estimate of drug-likeness (QED) is 0.493. The van der Waals surface area contributed by atoms with Crippen molar-refractivity contribution in [3.8, 4) is 11.1 Å². The summed E-state index contributed by atoms with van der Waals surface area (Å²) in [5.74, 6) is 0.514. The summed E-state index contributed by atoms with van der Waals surface area (Å²) in [5.41, 5.74) is 19.1. The minimum absolute atomic E-state index is 0.514. The molecule has 0 spiro atoms. The number of nitrogens with zero attached hydrogens (tertiary/aromatic N) is 1. The molecular formula is C17H21N3. The molecule has 0 fully saturated rings. The third-order valence-corrected chi connectivity index (χ3v) is 3.39. The summed E-state index contributed by atoms with van der Waals surface area (Å²) in [7, 11) is 0. The topological polar surface area (TPSA) is 64.4 Å². The maximum atomic E-state index is 6.15. The number of amidine groups is 1. The van der Waals surface area contributed by atoms with Crippen LogP contribution >= 0.6 is 0 Å². The predicted octanol–water partition coefficient (Wildman–Crippen LogP) is 3.87. The zero-order chi connectivity index (χ0) is 14.9. The predicted molar refractivity (Wildman–Crippen MR) is 87.5 cm³/mol. The molecular weight excluding hydrogens is 246 g/mol. The first-order valence-electron chi connectivity index (χ1n) is 6.67. The van der Waals surface area contributed by atoms with Gasteiger partial charge in [-0.05, 0) is 67.6 Å². The minimum Gasteiger partial charge on any atom is -0.397 e. The highest BCUT2D eigenvalue weighted by Gasteiger charge is 2.10. The van der Waals surface area contributed by atoms with Crippen LogP contribution in [0.2, 0.25) is 0 Å². The number of aliphatic imine (C=N–C) groups is 1. The molecule has 2 aromatic rings. The SMILES string of the molecule is CC(N)=Nc1c(C)cc(-c2c(C)cccc2C)cc1N. The first-order chi connectivity index (χ1) is 9.40. The van der Waals surface area contributed by atoms with E-state index in [1.807, 2.05) is 13.0 Å². The highest BCUT2D eigenvalue weighted by Crippen LogP contribution is 2.35. The Morgan fingerprint density at radius 2 is 1.60 bits per heavy atom. The lowest BCUT2D eigenvalue weighted by Gasteiger charge is -2.13. The fraction of sp³-hybridized carbons (Fsp3) is 0.235. The van der Waals surface area contributed by atoms with Gasteiger partial charge in [0.2, 0.25) is 0 Å². The molecule has 0 aliphatic carbocycles. The molecule has 0 saturated heterocycles.